The van der Waals surface area contributed by atoms with Crippen LogP contribution in [0.4, 0.5) is 18.9 Å². The van der Waals surface area contributed by atoms with Gasteiger partial charge in [-0.2, -0.15) is 0 Å². The summed E-state index contributed by atoms with van der Waals surface area (Å²) in [6.07, 6.45) is 0.104. The minimum Gasteiger partial charge on any atom is -0.406 e. The van der Waals surface area contributed by atoms with Crippen molar-refractivity contribution in [2.45, 2.75) is 52.8 Å². The number of amidine groups is 1. The average Bonchev–Trinajstić information content (AvgIpc) is 3.58. The highest BCUT2D eigenvalue weighted by molar-refractivity contribution is 8.15. The number of anilines is 1. The maximum absolute atomic E-state index is 12.7. The molecule has 5 rings (SSSR count). The number of halogens is 3. The Morgan fingerprint density at radius 3 is 2.36 bits per heavy atom. The Morgan fingerprint density at radius 1 is 1.02 bits per heavy atom. The molecule has 0 aliphatic carbocycles. The number of thioether (sulfide) groups is 1. The van der Waals surface area contributed by atoms with E-state index in [1.54, 1.807) is 4.90 Å². The number of hydrogen-bond acceptors (Lipinski definition) is 6. The second-order valence-corrected chi connectivity index (χ2v) is 11.9. The number of hydrogen-bond donors (Lipinski definition) is 0. The molecule has 0 spiro atoms. The molecule has 228 valence electrons. The van der Waals surface area contributed by atoms with Gasteiger partial charge in [0.05, 0.1) is 17.1 Å². The minimum absolute atomic E-state index is 0.0191. The van der Waals surface area contributed by atoms with E-state index < -0.39 is 6.36 Å². The van der Waals surface area contributed by atoms with E-state index in [4.69, 9.17) is 12.2 Å². The van der Waals surface area contributed by atoms with Gasteiger partial charge in [-0.05, 0) is 81.0 Å². The molecule has 0 unspecified atom stereocenters. The molecule has 1 amide bonds. The summed E-state index contributed by atoms with van der Waals surface area (Å²) in [5, 5.41) is 5.10. The number of ether oxygens (including phenoxy) is 1. The van der Waals surface area contributed by atoms with Crippen LogP contribution in [0.2, 0.25) is 0 Å². The molecule has 0 saturated carbocycles. The Balaban J connectivity index is 1.13. The summed E-state index contributed by atoms with van der Waals surface area (Å²) in [5.41, 5.74) is 6.69. The minimum atomic E-state index is -4.74. The fourth-order valence-electron chi connectivity index (χ4n) is 5.10. The summed E-state index contributed by atoms with van der Waals surface area (Å²) in [4.78, 5) is 24.1. The third-order valence-electron chi connectivity index (χ3n) is 6.99. The van der Waals surface area contributed by atoms with Gasteiger partial charge in [-0.1, -0.05) is 65.9 Å². The summed E-state index contributed by atoms with van der Waals surface area (Å²) < 4.78 is 42.6. The third kappa shape index (κ3) is 7.72. The van der Waals surface area contributed by atoms with Gasteiger partial charge in [0.15, 0.2) is 11.0 Å². The fourth-order valence-corrected chi connectivity index (χ4v) is 6.27. The first-order valence-corrected chi connectivity index (χ1v) is 15.4. The van der Waals surface area contributed by atoms with Crippen molar-refractivity contribution in [2.75, 3.05) is 10.7 Å². The summed E-state index contributed by atoms with van der Waals surface area (Å²) in [6.45, 7) is 6.07. The van der Waals surface area contributed by atoms with Gasteiger partial charge >= 0.3 is 6.36 Å². The number of rotatable bonds is 9. The van der Waals surface area contributed by atoms with Crippen molar-refractivity contribution in [1.82, 2.24) is 14.8 Å². The largest absolute Gasteiger partial charge is 0.573 e. The second-order valence-electron chi connectivity index (χ2n) is 10.5. The van der Waals surface area contributed by atoms with E-state index in [0.717, 1.165) is 47.2 Å². The van der Waals surface area contributed by atoms with E-state index >= 15 is 0 Å². The van der Waals surface area contributed by atoms with Crippen LogP contribution in [0.5, 0.6) is 5.75 Å². The molecule has 3 aromatic carbocycles. The lowest BCUT2D eigenvalue weighted by Gasteiger charge is -2.21. The highest BCUT2D eigenvalue weighted by Crippen LogP contribution is 2.33. The van der Waals surface area contributed by atoms with Gasteiger partial charge in [0.2, 0.25) is 5.91 Å². The van der Waals surface area contributed by atoms with Crippen LogP contribution in [-0.2, 0) is 11.2 Å². The Bertz CT molecular complexity index is 1680. The molecule has 1 aliphatic rings. The molecule has 1 aromatic heterocycles. The van der Waals surface area contributed by atoms with E-state index in [1.165, 1.54) is 52.6 Å². The molecule has 0 atom stereocenters. The van der Waals surface area contributed by atoms with Crippen molar-refractivity contribution in [3.8, 4) is 22.8 Å². The number of carbonyl (C=O) groups is 1. The molecule has 0 N–H and O–H groups in total. The first-order valence-electron chi connectivity index (χ1n) is 14.0. The van der Waals surface area contributed by atoms with Crippen LogP contribution in [0, 0.1) is 20.8 Å². The number of aromatic nitrogens is 3. The molecule has 0 radical (unpaired) electrons. The van der Waals surface area contributed by atoms with Crippen molar-refractivity contribution in [3.63, 3.8) is 0 Å². The third-order valence-corrected chi connectivity index (χ3v) is 8.21. The topological polar surface area (TPSA) is 72.6 Å². The first-order chi connectivity index (χ1) is 21.0. The number of alkyl halides is 3. The Hall–Kier alpha value is -4.03. The number of aryl methyl sites for hydroxylation is 4. The number of benzene rings is 3. The zero-order chi connectivity index (χ0) is 31.4. The summed E-state index contributed by atoms with van der Waals surface area (Å²) in [5.74, 6) is 0.579. The first kappa shape index (κ1) is 31.4. The SMILES string of the molecule is Cc1cc(C)c(N2C(=O)CSC2=NC(=S)CCCCc2ccc(-c3ncn(-c4ccc(OC(F)(F)F)cc4)n3)cc2)c(C)c1. The van der Waals surface area contributed by atoms with Gasteiger partial charge in [-0.15, -0.1) is 18.3 Å². The highest BCUT2D eigenvalue weighted by Gasteiger charge is 2.32. The maximum atomic E-state index is 12.7. The van der Waals surface area contributed by atoms with Crippen LogP contribution in [-0.4, -0.2) is 42.9 Å². The normalized spacial score (nSPS) is 14.5. The number of amides is 1. The molecule has 2 heterocycles. The van der Waals surface area contributed by atoms with E-state index in [9.17, 15) is 18.0 Å². The number of carbonyl (C=O) groups excluding carboxylic acids is 1. The molecule has 1 fully saturated rings. The van der Waals surface area contributed by atoms with Crippen LogP contribution in [0.15, 0.2) is 72.0 Å². The second kappa shape index (κ2) is 13.3. The van der Waals surface area contributed by atoms with E-state index in [0.29, 0.717) is 33.8 Å². The summed E-state index contributed by atoms with van der Waals surface area (Å²) in [6, 6.07) is 17.5. The lowest BCUT2D eigenvalue weighted by atomic mass is 10.0. The smallest absolute Gasteiger partial charge is 0.406 e. The quantitative estimate of drug-likeness (QED) is 0.137. The van der Waals surface area contributed by atoms with Crippen LogP contribution >= 0.6 is 24.0 Å². The molecular formula is C32H30F3N5O2S2. The summed E-state index contributed by atoms with van der Waals surface area (Å²) in [7, 11) is 0. The standard InChI is InChI=1S/C32H30F3N5O2S2/c1-20-16-21(2)29(22(3)17-20)40-28(41)18-44-31(40)37-27(43)7-5-4-6-23-8-10-24(11-9-23)30-36-19-39(38-30)25-12-14-26(15-13-25)42-32(33,34)35/h8-17,19H,4-7,18H2,1-3H3. The Kier molecular flexibility index (Phi) is 9.50. The molecule has 12 heteroatoms. The molecule has 0 bridgehead atoms. The van der Waals surface area contributed by atoms with Gasteiger partial charge in [0, 0.05) is 12.0 Å². The number of thiocarbonyl (C=S) groups is 1. The van der Waals surface area contributed by atoms with Crippen molar-refractivity contribution in [1.29, 1.82) is 0 Å². The van der Waals surface area contributed by atoms with Crippen LogP contribution in [0.1, 0.15) is 41.5 Å². The lowest BCUT2D eigenvalue weighted by molar-refractivity contribution is -0.274. The number of nitrogens with zero attached hydrogens (tertiary/aromatic N) is 5. The molecular weight excluding hydrogens is 608 g/mol. The Labute approximate surface area is 263 Å². The van der Waals surface area contributed by atoms with E-state index in [1.807, 2.05) is 45.0 Å². The fraction of sp³-hybridized carbons (Fsp3) is 0.281. The number of aliphatic imine (C=N–C) groups is 1. The molecule has 4 aromatic rings. The zero-order valence-corrected chi connectivity index (χ0v) is 26.0. The number of unbranched alkanes of at least 4 members (excludes halogenated alkanes) is 1. The van der Waals surface area contributed by atoms with E-state index in [2.05, 4.69) is 31.9 Å². The van der Waals surface area contributed by atoms with Crippen molar-refractivity contribution in [2.24, 2.45) is 4.99 Å². The average molecular weight is 638 g/mol. The predicted octanol–water partition coefficient (Wildman–Crippen LogP) is 7.93. The monoisotopic (exact) mass is 637 g/mol. The molecule has 44 heavy (non-hydrogen) atoms. The van der Waals surface area contributed by atoms with Crippen LogP contribution in [0.3, 0.4) is 0 Å². The lowest BCUT2D eigenvalue weighted by Crippen LogP contribution is -2.31. The zero-order valence-electron chi connectivity index (χ0n) is 24.4. The van der Waals surface area contributed by atoms with Crippen molar-refractivity contribution >= 4 is 45.7 Å². The van der Waals surface area contributed by atoms with Crippen LogP contribution in [0.25, 0.3) is 17.1 Å². The van der Waals surface area contributed by atoms with E-state index in [-0.39, 0.29) is 11.7 Å². The van der Waals surface area contributed by atoms with Crippen LogP contribution < -0.4 is 9.64 Å². The van der Waals surface area contributed by atoms with Gasteiger partial charge in [-0.25, -0.2) is 14.7 Å². The Morgan fingerprint density at radius 2 is 1.70 bits per heavy atom. The highest BCUT2D eigenvalue weighted by atomic mass is 32.2. The maximum Gasteiger partial charge on any atom is 0.573 e. The van der Waals surface area contributed by atoms with Gasteiger partial charge in [0.25, 0.3) is 0 Å². The van der Waals surface area contributed by atoms with Gasteiger partial charge < -0.3 is 4.74 Å². The summed E-state index contributed by atoms with van der Waals surface area (Å²) >= 11 is 7.00. The van der Waals surface area contributed by atoms with Gasteiger partial charge in [-0.3, -0.25) is 9.69 Å². The molecule has 7 nitrogen and oxygen atoms in total. The van der Waals surface area contributed by atoms with Gasteiger partial charge in [0.1, 0.15) is 17.1 Å². The molecule has 1 saturated heterocycles. The predicted molar refractivity (Wildman–Crippen MR) is 172 cm³/mol. The molecule has 1 aliphatic heterocycles. The van der Waals surface area contributed by atoms with Crippen molar-refractivity contribution < 1.29 is 22.7 Å². The van der Waals surface area contributed by atoms with Crippen molar-refractivity contribution in [3.05, 3.63) is 89.2 Å².